The molecule has 1 aliphatic rings. The van der Waals surface area contributed by atoms with Crippen molar-refractivity contribution in [2.75, 3.05) is 17.7 Å². The molecule has 1 atom stereocenters. The van der Waals surface area contributed by atoms with Crippen LogP contribution in [-0.2, 0) is 4.79 Å². The van der Waals surface area contributed by atoms with E-state index in [1.54, 1.807) is 25.5 Å². The van der Waals surface area contributed by atoms with Crippen molar-refractivity contribution >= 4 is 28.3 Å². The number of fused-ring (bicyclic) bond motifs is 1. The van der Waals surface area contributed by atoms with Crippen LogP contribution in [0.1, 0.15) is 6.42 Å². The quantitative estimate of drug-likeness (QED) is 0.745. The monoisotopic (exact) mass is 354 g/mol. The number of alkyl halides is 2. The summed E-state index contributed by atoms with van der Waals surface area (Å²) in [6.07, 6.45) is 2.92. The summed E-state index contributed by atoms with van der Waals surface area (Å²) >= 11 is 0. The number of rotatable bonds is 4. The van der Waals surface area contributed by atoms with Gasteiger partial charge in [-0.2, -0.15) is 0 Å². The number of halogens is 2. The van der Waals surface area contributed by atoms with Gasteiger partial charge in [-0.3, -0.25) is 4.79 Å². The van der Waals surface area contributed by atoms with Crippen molar-refractivity contribution in [1.82, 2.24) is 9.97 Å². The molecule has 1 aliphatic carbocycles. The number of hydrogen-bond acceptors (Lipinski definition) is 4. The Balaban J connectivity index is 1.77. The second kappa shape index (κ2) is 6.01. The lowest BCUT2D eigenvalue weighted by Gasteiger charge is -2.12. The fourth-order valence-corrected chi connectivity index (χ4v) is 2.96. The van der Waals surface area contributed by atoms with Crippen molar-refractivity contribution in [3.8, 4) is 11.1 Å². The van der Waals surface area contributed by atoms with Crippen LogP contribution in [0.5, 0.6) is 0 Å². The van der Waals surface area contributed by atoms with Crippen molar-refractivity contribution in [2.24, 2.45) is 5.92 Å². The van der Waals surface area contributed by atoms with Crippen LogP contribution in [0.15, 0.2) is 48.8 Å². The summed E-state index contributed by atoms with van der Waals surface area (Å²) in [7, 11) is 1.76. The fourth-order valence-electron chi connectivity index (χ4n) is 2.96. The smallest absolute Gasteiger partial charge is 0.260 e. The Morgan fingerprint density at radius 2 is 1.88 bits per heavy atom. The van der Waals surface area contributed by atoms with Crippen molar-refractivity contribution in [1.29, 1.82) is 0 Å². The Bertz CT molecular complexity index is 992. The lowest BCUT2D eigenvalue weighted by atomic mass is 10.0. The summed E-state index contributed by atoms with van der Waals surface area (Å²) in [6.45, 7) is 0. The van der Waals surface area contributed by atoms with Crippen molar-refractivity contribution < 1.29 is 13.6 Å². The number of aromatic nitrogens is 2. The number of pyridine rings is 2. The van der Waals surface area contributed by atoms with Crippen LogP contribution in [-0.4, -0.2) is 28.8 Å². The van der Waals surface area contributed by atoms with E-state index in [0.717, 1.165) is 21.9 Å². The molecule has 1 saturated carbocycles. The predicted molar refractivity (Wildman–Crippen MR) is 96.2 cm³/mol. The van der Waals surface area contributed by atoms with E-state index in [-0.39, 0.29) is 5.82 Å². The van der Waals surface area contributed by atoms with E-state index < -0.39 is 24.2 Å². The molecule has 0 radical (unpaired) electrons. The highest BCUT2D eigenvalue weighted by Crippen LogP contribution is 2.49. The van der Waals surface area contributed by atoms with Crippen molar-refractivity contribution in [3.05, 3.63) is 48.8 Å². The first-order chi connectivity index (χ1) is 12.5. The van der Waals surface area contributed by atoms with Gasteiger partial charge in [-0.1, -0.05) is 30.3 Å². The fraction of sp³-hybridized carbons (Fsp3) is 0.211. The number of nitrogens with one attached hydrogen (secondary N) is 2. The van der Waals surface area contributed by atoms with Gasteiger partial charge in [0, 0.05) is 36.8 Å². The molecule has 4 rings (SSSR count). The van der Waals surface area contributed by atoms with Gasteiger partial charge >= 0.3 is 0 Å². The zero-order valence-electron chi connectivity index (χ0n) is 14.0. The minimum atomic E-state index is -2.90. The third-order valence-electron chi connectivity index (χ3n) is 4.49. The molecule has 5 nitrogen and oxygen atoms in total. The number of anilines is 2. The van der Waals surface area contributed by atoms with Gasteiger partial charge in [0.2, 0.25) is 5.91 Å². The molecule has 0 spiro atoms. The number of carbonyl (C=O) groups is 1. The maximum atomic E-state index is 13.1. The van der Waals surface area contributed by atoms with E-state index >= 15 is 0 Å². The van der Waals surface area contributed by atoms with E-state index in [1.807, 2.05) is 30.3 Å². The summed E-state index contributed by atoms with van der Waals surface area (Å²) in [4.78, 5) is 20.6. The highest BCUT2D eigenvalue weighted by Gasteiger charge is 2.61. The van der Waals surface area contributed by atoms with Crippen LogP contribution < -0.4 is 10.6 Å². The van der Waals surface area contributed by atoms with Crippen LogP contribution in [0, 0.1) is 5.92 Å². The lowest BCUT2D eigenvalue weighted by Crippen LogP contribution is -2.18. The molecular weight excluding hydrogens is 338 g/mol. The Labute approximate surface area is 148 Å². The summed E-state index contributed by atoms with van der Waals surface area (Å²) in [6, 6.07) is 11.4. The van der Waals surface area contributed by atoms with Crippen LogP contribution in [0.25, 0.3) is 21.9 Å². The third-order valence-corrected chi connectivity index (χ3v) is 4.49. The van der Waals surface area contributed by atoms with Crippen molar-refractivity contribution in [3.63, 3.8) is 0 Å². The highest BCUT2D eigenvalue weighted by atomic mass is 19.3. The largest absolute Gasteiger partial charge is 0.373 e. The standard InChI is InChI=1S/C19H16F2N4O/c1-22-17-14-10-23-16(25-18(26)15-8-19(15,20)21)7-12(14)13(9-24-17)11-5-3-2-4-6-11/h2-7,9-10,15H,8H2,1H3,(H,22,24)(H,23,25,26). The zero-order chi connectivity index (χ0) is 18.3. The first-order valence-electron chi connectivity index (χ1n) is 8.20. The Morgan fingerprint density at radius 3 is 2.54 bits per heavy atom. The molecule has 0 bridgehead atoms. The first-order valence-corrected chi connectivity index (χ1v) is 8.20. The minimum Gasteiger partial charge on any atom is -0.373 e. The second-order valence-corrected chi connectivity index (χ2v) is 6.26. The van der Waals surface area contributed by atoms with E-state index in [9.17, 15) is 13.6 Å². The SMILES string of the molecule is CNc1ncc(-c2ccccc2)c2cc(NC(=O)C3CC3(F)F)ncc12. The van der Waals surface area contributed by atoms with Gasteiger partial charge in [0.15, 0.2) is 0 Å². The summed E-state index contributed by atoms with van der Waals surface area (Å²) in [5.41, 5.74) is 1.83. The average Bonchev–Trinajstić information content (AvgIpc) is 3.30. The summed E-state index contributed by atoms with van der Waals surface area (Å²) < 4.78 is 26.2. The first kappa shape index (κ1) is 16.4. The van der Waals surface area contributed by atoms with Crippen molar-refractivity contribution in [2.45, 2.75) is 12.3 Å². The molecule has 7 heteroatoms. The summed E-state index contributed by atoms with van der Waals surface area (Å²) in [5.74, 6) is -3.97. The molecule has 1 amide bonds. The molecule has 2 heterocycles. The number of carbonyl (C=O) groups excluding carboxylic acids is 1. The average molecular weight is 354 g/mol. The molecule has 2 N–H and O–H groups in total. The molecule has 0 saturated heterocycles. The third kappa shape index (κ3) is 2.85. The van der Waals surface area contributed by atoms with Gasteiger partial charge in [-0.05, 0) is 17.0 Å². The van der Waals surface area contributed by atoms with Crippen LogP contribution in [0.4, 0.5) is 20.4 Å². The molecule has 2 aromatic heterocycles. The molecule has 1 unspecified atom stereocenters. The molecule has 1 aromatic carbocycles. The van der Waals surface area contributed by atoms with E-state index in [1.165, 1.54) is 0 Å². The van der Waals surface area contributed by atoms with E-state index in [0.29, 0.717) is 5.82 Å². The number of benzene rings is 1. The molecular formula is C19H16F2N4O. The van der Waals surface area contributed by atoms with Gasteiger partial charge in [0.05, 0.1) is 0 Å². The number of nitrogens with zero attached hydrogens (tertiary/aromatic N) is 2. The van der Waals surface area contributed by atoms with Crippen LogP contribution >= 0.6 is 0 Å². The van der Waals surface area contributed by atoms with Crippen LogP contribution in [0.2, 0.25) is 0 Å². The molecule has 132 valence electrons. The van der Waals surface area contributed by atoms with Gasteiger partial charge < -0.3 is 10.6 Å². The molecule has 26 heavy (non-hydrogen) atoms. The molecule has 3 aromatic rings. The maximum Gasteiger partial charge on any atom is 0.260 e. The Kier molecular flexibility index (Phi) is 3.79. The van der Waals surface area contributed by atoms with E-state index in [4.69, 9.17) is 0 Å². The Hall–Kier alpha value is -3.09. The predicted octanol–water partition coefficient (Wildman–Crippen LogP) is 3.93. The zero-order valence-corrected chi connectivity index (χ0v) is 14.0. The van der Waals surface area contributed by atoms with Gasteiger partial charge in [0.1, 0.15) is 17.6 Å². The number of amides is 1. The molecule has 0 aliphatic heterocycles. The van der Waals surface area contributed by atoms with E-state index in [2.05, 4.69) is 20.6 Å². The van der Waals surface area contributed by atoms with Crippen LogP contribution in [0.3, 0.4) is 0 Å². The van der Waals surface area contributed by atoms with Gasteiger partial charge in [-0.15, -0.1) is 0 Å². The Morgan fingerprint density at radius 1 is 1.15 bits per heavy atom. The normalized spacial score (nSPS) is 17.7. The van der Waals surface area contributed by atoms with Gasteiger partial charge in [-0.25, -0.2) is 18.7 Å². The highest BCUT2D eigenvalue weighted by molar-refractivity contribution is 6.04. The lowest BCUT2D eigenvalue weighted by molar-refractivity contribution is -0.119. The topological polar surface area (TPSA) is 66.9 Å². The maximum absolute atomic E-state index is 13.1. The number of hydrogen-bond donors (Lipinski definition) is 2. The second-order valence-electron chi connectivity index (χ2n) is 6.26. The van der Waals surface area contributed by atoms with Gasteiger partial charge in [0.25, 0.3) is 5.92 Å². The summed E-state index contributed by atoms with van der Waals surface area (Å²) in [5, 5.41) is 7.11. The minimum absolute atomic E-state index is 0.246. The molecule has 1 fully saturated rings.